The first-order chi connectivity index (χ1) is 13.9. The molecule has 1 fully saturated rings. The zero-order valence-corrected chi connectivity index (χ0v) is 15.3. The molecule has 1 aromatic heterocycles. The molecule has 1 aromatic carbocycles. The van der Waals surface area contributed by atoms with Gasteiger partial charge >= 0.3 is 0 Å². The lowest BCUT2D eigenvalue weighted by Gasteiger charge is -2.37. The molecule has 29 heavy (non-hydrogen) atoms. The molecule has 0 bridgehead atoms. The summed E-state index contributed by atoms with van der Waals surface area (Å²) in [7, 11) is 0. The molecule has 3 heterocycles. The topological polar surface area (TPSA) is 86.8 Å². The third kappa shape index (κ3) is 3.34. The highest BCUT2D eigenvalue weighted by Gasteiger charge is 2.52. The molecule has 8 heteroatoms. The third-order valence-electron chi connectivity index (χ3n) is 5.16. The predicted molar refractivity (Wildman–Crippen MR) is 99.9 cm³/mol. The van der Waals surface area contributed by atoms with Crippen LogP contribution in [0.2, 0.25) is 0 Å². The maximum absolute atomic E-state index is 14.8. The highest BCUT2D eigenvalue weighted by atomic mass is 19.1. The smallest absolute Gasteiger partial charge is 0.284 e. The van der Waals surface area contributed by atoms with Gasteiger partial charge in [0.25, 0.3) is 6.02 Å². The Hall–Kier alpha value is -3.31. The Morgan fingerprint density at radius 1 is 1.31 bits per heavy atom. The van der Waals surface area contributed by atoms with Crippen molar-refractivity contribution < 1.29 is 23.0 Å². The third-order valence-corrected chi connectivity index (χ3v) is 5.16. The summed E-state index contributed by atoms with van der Waals surface area (Å²) in [5.41, 5.74) is 5.15. The molecule has 0 unspecified atom stereocenters. The molecule has 3 atom stereocenters. The van der Waals surface area contributed by atoms with Crippen molar-refractivity contribution in [3.05, 3.63) is 65.0 Å². The fourth-order valence-electron chi connectivity index (χ4n) is 3.75. The van der Waals surface area contributed by atoms with Gasteiger partial charge in [-0.25, -0.2) is 13.8 Å². The summed E-state index contributed by atoms with van der Waals surface area (Å²) in [6.45, 7) is 0.522. The summed E-state index contributed by atoms with van der Waals surface area (Å²) in [5, 5.41) is 0. The van der Waals surface area contributed by atoms with Crippen LogP contribution in [0, 0.1) is 29.9 Å². The van der Waals surface area contributed by atoms with E-state index in [9.17, 15) is 13.6 Å². The second kappa shape index (κ2) is 7.26. The SMILES string of the molecule is C#C[C@]1(c2cc(CC(=O)c3ccc(F)cn3)ccc2F)N=C(N)O[C@@H]2COC[C@@H]21. The van der Waals surface area contributed by atoms with Crippen LogP contribution in [-0.4, -0.2) is 36.1 Å². The summed E-state index contributed by atoms with van der Waals surface area (Å²) in [4.78, 5) is 20.5. The number of hydrogen-bond acceptors (Lipinski definition) is 6. The lowest BCUT2D eigenvalue weighted by Crippen LogP contribution is -2.48. The molecule has 0 aliphatic carbocycles. The van der Waals surface area contributed by atoms with Crippen molar-refractivity contribution in [2.75, 3.05) is 13.2 Å². The fraction of sp³-hybridized carbons (Fsp3) is 0.286. The van der Waals surface area contributed by atoms with E-state index in [0.717, 1.165) is 12.3 Å². The summed E-state index contributed by atoms with van der Waals surface area (Å²) in [5.74, 6) is 0.729. The van der Waals surface area contributed by atoms with Gasteiger partial charge in [-0.2, -0.15) is 0 Å². The van der Waals surface area contributed by atoms with Crippen molar-refractivity contribution in [2.24, 2.45) is 16.6 Å². The molecule has 0 radical (unpaired) electrons. The molecule has 2 N–H and O–H groups in total. The van der Waals surface area contributed by atoms with Crippen LogP contribution in [0.3, 0.4) is 0 Å². The number of nitrogens with two attached hydrogens (primary N) is 1. The van der Waals surface area contributed by atoms with E-state index in [-0.39, 0.29) is 42.7 Å². The fourth-order valence-corrected chi connectivity index (χ4v) is 3.75. The predicted octanol–water partition coefficient (Wildman–Crippen LogP) is 1.97. The molecular formula is C21H17F2N3O3. The van der Waals surface area contributed by atoms with Gasteiger partial charge in [0.05, 0.1) is 25.3 Å². The highest BCUT2D eigenvalue weighted by molar-refractivity contribution is 5.95. The number of aliphatic imine (C=N–C) groups is 1. The number of amidine groups is 1. The first kappa shape index (κ1) is 19.0. The van der Waals surface area contributed by atoms with Crippen LogP contribution in [-0.2, 0) is 21.4 Å². The largest absolute Gasteiger partial charge is 0.459 e. The number of pyridine rings is 1. The normalized spacial score (nSPS) is 25.5. The summed E-state index contributed by atoms with van der Waals surface area (Å²) in [6, 6.07) is 6.55. The van der Waals surface area contributed by atoms with Crippen LogP contribution >= 0.6 is 0 Å². The van der Waals surface area contributed by atoms with Gasteiger partial charge < -0.3 is 15.2 Å². The molecule has 4 rings (SSSR count). The monoisotopic (exact) mass is 397 g/mol. The molecule has 2 aliphatic rings. The van der Waals surface area contributed by atoms with Crippen molar-refractivity contribution >= 4 is 11.8 Å². The maximum Gasteiger partial charge on any atom is 0.284 e. The minimum atomic E-state index is -1.40. The molecule has 0 saturated carbocycles. The molecular weight excluding hydrogens is 380 g/mol. The van der Waals surface area contributed by atoms with Crippen molar-refractivity contribution in [3.8, 4) is 12.3 Å². The van der Waals surface area contributed by atoms with Gasteiger partial charge in [0.1, 0.15) is 23.4 Å². The number of Topliss-reactive ketones (excluding diaryl/α,β-unsaturated/α-hetero) is 1. The number of benzene rings is 1. The molecule has 2 aliphatic heterocycles. The number of ether oxygens (including phenoxy) is 2. The summed E-state index contributed by atoms with van der Waals surface area (Å²) < 4.78 is 38.8. The van der Waals surface area contributed by atoms with Crippen molar-refractivity contribution in [1.29, 1.82) is 0 Å². The number of carbonyl (C=O) groups excluding carboxylic acids is 1. The Bertz CT molecular complexity index is 1030. The second-order valence-corrected chi connectivity index (χ2v) is 6.94. The number of aromatic nitrogens is 1. The van der Waals surface area contributed by atoms with E-state index in [1.807, 2.05) is 0 Å². The molecule has 148 valence electrons. The number of halogens is 2. The first-order valence-corrected chi connectivity index (χ1v) is 8.94. The van der Waals surface area contributed by atoms with E-state index in [1.54, 1.807) is 0 Å². The van der Waals surface area contributed by atoms with E-state index >= 15 is 0 Å². The molecule has 6 nitrogen and oxygen atoms in total. The number of carbonyl (C=O) groups is 1. The van der Waals surface area contributed by atoms with Gasteiger partial charge in [-0.15, -0.1) is 6.42 Å². The number of fused-ring (bicyclic) bond motifs is 1. The van der Waals surface area contributed by atoms with Gasteiger partial charge in [-0.3, -0.25) is 9.78 Å². The van der Waals surface area contributed by atoms with Crippen LogP contribution < -0.4 is 5.73 Å². The first-order valence-electron chi connectivity index (χ1n) is 8.94. The Morgan fingerprint density at radius 3 is 2.86 bits per heavy atom. The van der Waals surface area contributed by atoms with Crippen molar-refractivity contribution in [1.82, 2.24) is 4.98 Å². The van der Waals surface area contributed by atoms with Gasteiger partial charge in [0.2, 0.25) is 0 Å². The van der Waals surface area contributed by atoms with Crippen LogP contribution in [0.25, 0.3) is 0 Å². The van der Waals surface area contributed by atoms with Crippen LogP contribution in [0.4, 0.5) is 8.78 Å². The highest BCUT2D eigenvalue weighted by Crippen LogP contribution is 2.43. The van der Waals surface area contributed by atoms with E-state index in [4.69, 9.17) is 21.6 Å². The van der Waals surface area contributed by atoms with Crippen LogP contribution in [0.15, 0.2) is 41.5 Å². The Kier molecular flexibility index (Phi) is 4.76. The van der Waals surface area contributed by atoms with Crippen LogP contribution in [0.1, 0.15) is 21.6 Å². The van der Waals surface area contributed by atoms with E-state index < -0.39 is 29.2 Å². The van der Waals surface area contributed by atoms with E-state index in [0.29, 0.717) is 5.56 Å². The van der Waals surface area contributed by atoms with Crippen LogP contribution in [0.5, 0.6) is 0 Å². The molecule has 2 aromatic rings. The van der Waals surface area contributed by atoms with E-state index in [1.165, 1.54) is 24.3 Å². The van der Waals surface area contributed by atoms with Crippen molar-refractivity contribution in [2.45, 2.75) is 18.1 Å². The average Bonchev–Trinajstić information content (AvgIpc) is 3.18. The number of hydrogen-bond donors (Lipinski definition) is 1. The Morgan fingerprint density at radius 2 is 2.14 bits per heavy atom. The maximum atomic E-state index is 14.8. The van der Waals surface area contributed by atoms with E-state index in [2.05, 4.69) is 15.9 Å². The number of rotatable bonds is 4. The number of nitrogens with zero attached hydrogens (tertiary/aromatic N) is 2. The molecule has 1 saturated heterocycles. The molecule has 0 amide bonds. The average molecular weight is 397 g/mol. The lowest BCUT2D eigenvalue weighted by atomic mass is 9.76. The zero-order chi connectivity index (χ0) is 20.6. The quantitative estimate of drug-likeness (QED) is 0.630. The Balaban J connectivity index is 1.71. The van der Waals surface area contributed by atoms with Gasteiger partial charge in [0.15, 0.2) is 11.3 Å². The minimum absolute atomic E-state index is 0.0626. The zero-order valence-electron chi connectivity index (χ0n) is 15.3. The Labute approximate surface area is 165 Å². The lowest BCUT2D eigenvalue weighted by molar-refractivity contribution is 0.0939. The summed E-state index contributed by atoms with van der Waals surface area (Å²) in [6.07, 6.45) is 6.28. The second-order valence-electron chi connectivity index (χ2n) is 6.94. The van der Waals surface area contributed by atoms with Crippen molar-refractivity contribution in [3.63, 3.8) is 0 Å². The van der Waals surface area contributed by atoms with Gasteiger partial charge in [-0.1, -0.05) is 12.0 Å². The minimum Gasteiger partial charge on any atom is -0.459 e. The standard InChI is InChI=1S/C21H17F2N3O3/c1-2-21(15-10-28-11-19(15)29-20(24)26-21)14-7-12(3-5-16(14)23)8-18(27)17-6-4-13(22)9-25-17/h1,3-7,9,15,19H,8,10-11H2,(H2,24,26)/t15-,19+,21+/m0/s1. The van der Waals surface area contributed by atoms with Gasteiger partial charge in [0, 0.05) is 12.0 Å². The number of ketones is 1. The van der Waals surface area contributed by atoms with Gasteiger partial charge in [-0.05, 0) is 29.8 Å². The summed E-state index contributed by atoms with van der Waals surface area (Å²) >= 11 is 0. The number of terminal acetylenes is 1. The molecule has 0 spiro atoms.